The predicted molar refractivity (Wildman–Crippen MR) is 83.0 cm³/mol. The maximum absolute atomic E-state index is 11.9. The summed E-state index contributed by atoms with van der Waals surface area (Å²) >= 11 is 7.47. The molecule has 1 aromatic carbocycles. The Kier molecular flexibility index (Phi) is 3.98. The van der Waals surface area contributed by atoms with Crippen LogP contribution in [0.2, 0.25) is 5.02 Å². The van der Waals surface area contributed by atoms with Gasteiger partial charge in [-0.05, 0) is 23.6 Å². The van der Waals surface area contributed by atoms with Crippen molar-refractivity contribution in [3.63, 3.8) is 0 Å². The fraction of sp³-hybridized carbons (Fsp3) is 0.0714. The van der Waals surface area contributed by atoms with Crippen molar-refractivity contribution in [1.29, 1.82) is 0 Å². The number of anilines is 1. The summed E-state index contributed by atoms with van der Waals surface area (Å²) in [4.78, 5) is 20.9. The van der Waals surface area contributed by atoms with Crippen LogP contribution in [-0.2, 0) is 4.79 Å². The Labute approximate surface area is 129 Å². The second-order valence-corrected chi connectivity index (χ2v) is 5.44. The molecule has 0 spiro atoms. The van der Waals surface area contributed by atoms with Gasteiger partial charge in [0.2, 0.25) is 5.88 Å². The van der Waals surface area contributed by atoms with Crippen LogP contribution in [0.25, 0.3) is 10.2 Å². The zero-order valence-electron chi connectivity index (χ0n) is 10.7. The van der Waals surface area contributed by atoms with Crippen molar-refractivity contribution >= 4 is 44.7 Å². The number of halogens is 1. The number of aromatic nitrogens is 2. The van der Waals surface area contributed by atoms with Gasteiger partial charge in [0.25, 0.3) is 5.91 Å². The largest absolute Gasteiger partial charge is 0.467 e. The third-order valence-electron chi connectivity index (χ3n) is 2.71. The first-order valence-electron chi connectivity index (χ1n) is 6.09. The van der Waals surface area contributed by atoms with Crippen LogP contribution in [0.15, 0.2) is 42.0 Å². The Morgan fingerprint density at radius 2 is 2.14 bits per heavy atom. The highest BCUT2D eigenvalue weighted by Gasteiger charge is 2.10. The second kappa shape index (κ2) is 6.07. The fourth-order valence-corrected chi connectivity index (χ4v) is 2.67. The molecule has 5 nitrogen and oxygen atoms in total. The third-order valence-corrected chi connectivity index (χ3v) is 3.86. The molecule has 1 amide bonds. The van der Waals surface area contributed by atoms with E-state index in [9.17, 15) is 4.79 Å². The molecule has 0 radical (unpaired) electrons. The molecule has 0 saturated carbocycles. The zero-order valence-corrected chi connectivity index (χ0v) is 12.3. The normalized spacial score (nSPS) is 10.5. The van der Waals surface area contributed by atoms with E-state index in [0.717, 1.165) is 10.2 Å². The van der Waals surface area contributed by atoms with Crippen LogP contribution >= 0.6 is 22.9 Å². The standard InChI is InChI=1S/C14H10ClN3O2S/c15-10-3-1-2-4-11(10)18-12(19)7-20-13-9-5-6-21-14(9)17-8-16-13/h1-6,8H,7H2,(H,18,19). The number of nitrogens with zero attached hydrogens (tertiary/aromatic N) is 2. The van der Waals surface area contributed by atoms with Crippen LogP contribution in [0.5, 0.6) is 5.88 Å². The lowest BCUT2D eigenvalue weighted by molar-refractivity contribution is -0.118. The third kappa shape index (κ3) is 3.12. The van der Waals surface area contributed by atoms with Gasteiger partial charge in [-0.1, -0.05) is 23.7 Å². The lowest BCUT2D eigenvalue weighted by atomic mass is 10.3. The number of carbonyl (C=O) groups is 1. The van der Waals surface area contributed by atoms with Crippen LogP contribution in [0.1, 0.15) is 0 Å². The van der Waals surface area contributed by atoms with E-state index in [0.29, 0.717) is 16.6 Å². The van der Waals surface area contributed by atoms with Crippen LogP contribution in [-0.4, -0.2) is 22.5 Å². The first-order chi connectivity index (χ1) is 10.2. The monoisotopic (exact) mass is 319 g/mol. The summed E-state index contributed by atoms with van der Waals surface area (Å²) in [5, 5.41) is 5.86. The minimum Gasteiger partial charge on any atom is -0.467 e. The highest BCUT2D eigenvalue weighted by atomic mass is 35.5. The number of hydrogen-bond acceptors (Lipinski definition) is 5. The van der Waals surface area contributed by atoms with Gasteiger partial charge < -0.3 is 10.1 Å². The summed E-state index contributed by atoms with van der Waals surface area (Å²) in [5.74, 6) is 0.0978. The van der Waals surface area contributed by atoms with Crippen molar-refractivity contribution in [2.75, 3.05) is 11.9 Å². The number of nitrogens with one attached hydrogen (secondary N) is 1. The van der Waals surface area contributed by atoms with Gasteiger partial charge in [-0.2, -0.15) is 0 Å². The van der Waals surface area contributed by atoms with Crippen molar-refractivity contribution in [3.05, 3.63) is 47.1 Å². The summed E-state index contributed by atoms with van der Waals surface area (Å²) in [7, 11) is 0. The molecule has 21 heavy (non-hydrogen) atoms. The number of fused-ring (bicyclic) bond motifs is 1. The molecule has 2 heterocycles. The van der Waals surface area contributed by atoms with Crippen molar-refractivity contribution in [2.24, 2.45) is 0 Å². The van der Waals surface area contributed by atoms with Crippen molar-refractivity contribution in [1.82, 2.24) is 9.97 Å². The molecule has 1 N–H and O–H groups in total. The molecule has 3 rings (SSSR count). The molecule has 3 aromatic rings. The Hall–Kier alpha value is -2.18. The number of carbonyl (C=O) groups excluding carboxylic acids is 1. The lowest BCUT2D eigenvalue weighted by Crippen LogP contribution is -2.20. The molecule has 0 aliphatic rings. The molecule has 0 fully saturated rings. The summed E-state index contributed by atoms with van der Waals surface area (Å²) in [6.45, 7) is -0.146. The average Bonchev–Trinajstić information content (AvgIpc) is 2.96. The van der Waals surface area contributed by atoms with E-state index in [1.807, 2.05) is 11.4 Å². The summed E-state index contributed by atoms with van der Waals surface area (Å²) < 4.78 is 5.45. The molecule has 0 aliphatic heterocycles. The minimum atomic E-state index is -0.301. The van der Waals surface area contributed by atoms with Crippen LogP contribution in [0.3, 0.4) is 0 Å². The lowest BCUT2D eigenvalue weighted by Gasteiger charge is -2.08. The molecule has 0 unspecified atom stereocenters. The Bertz CT molecular complexity index is 790. The zero-order chi connectivity index (χ0) is 14.7. The van der Waals surface area contributed by atoms with Crippen LogP contribution < -0.4 is 10.1 Å². The maximum Gasteiger partial charge on any atom is 0.262 e. The first kappa shape index (κ1) is 13.8. The van der Waals surface area contributed by atoms with Crippen molar-refractivity contribution < 1.29 is 9.53 Å². The Balaban J connectivity index is 1.66. The molecule has 0 saturated heterocycles. The van der Waals surface area contributed by atoms with Gasteiger partial charge in [0.15, 0.2) is 6.61 Å². The number of para-hydroxylation sites is 1. The maximum atomic E-state index is 11.9. The SMILES string of the molecule is O=C(COc1ncnc2sccc12)Nc1ccccc1Cl. The molecular weight excluding hydrogens is 310 g/mol. The van der Waals surface area contributed by atoms with E-state index < -0.39 is 0 Å². The topological polar surface area (TPSA) is 64.1 Å². The van der Waals surface area contributed by atoms with E-state index in [1.165, 1.54) is 17.7 Å². The van der Waals surface area contributed by atoms with Crippen molar-refractivity contribution in [3.8, 4) is 5.88 Å². The van der Waals surface area contributed by atoms with Gasteiger partial charge >= 0.3 is 0 Å². The molecule has 2 aromatic heterocycles. The number of amides is 1. The number of benzene rings is 1. The molecule has 0 atom stereocenters. The number of rotatable bonds is 4. The quantitative estimate of drug-likeness (QED) is 0.801. The predicted octanol–water partition coefficient (Wildman–Crippen LogP) is 3.36. The van der Waals surface area contributed by atoms with E-state index in [-0.39, 0.29) is 12.5 Å². The van der Waals surface area contributed by atoms with E-state index in [1.54, 1.807) is 24.3 Å². The van der Waals surface area contributed by atoms with Crippen LogP contribution in [0, 0.1) is 0 Å². The van der Waals surface area contributed by atoms with E-state index >= 15 is 0 Å². The van der Waals surface area contributed by atoms with E-state index in [4.69, 9.17) is 16.3 Å². The summed E-state index contributed by atoms with van der Waals surface area (Å²) in [5.41, 5.74) is 0.552. The Morgan fingerprint density at radius 3 is 3.00 bits per heavy atom. The number of thiophene rings is 1. The molecule has 7 heteroatoms. The van der Waals surface area contributed by atoms with Gasteiger partial charge in [0.1, 0.15) is 11.2 Å². The molecule has 0 bridgehead atoms. The molecule has 0 aliphatic carbocycles. The van der Waals surface area contributed by atoms with Crippen molar-refractivity contribution in [2.45, 2.75) is 0 Å². The minimum absolute atomic E-state index is 0.146. The fourth-order valence-electron chi connectivity index (χ4n) is 1.77. The van der Waals surface area contributed by atoms with Gasteiger partial charge in [0, 0.05) is 0 Å². The summed E-state index contributed by atoms with van der Waals surface area (Å²) in [6, 6.07) is 8.88. The molecule has 106 valence electrons. The second-order valence-electron chi connectivity index (χ2n) is 4.13. The number of ether oxygens (including phenoxy) is 1. The van der Waals surface area contributed by atoms with Gasteiger partial charge in [0.05, 0.1) is 16.1 Å². The van der Waals surface area contributed by atoms with Crippen LogP contribution in [0.4, 0.5) is 5.69 Å². The van der Waals surface area contributed by atoms with Gasteiger partial charge in [-0.3, -0.25) is 4.79 Å². The first-order valence-corrected chi connectivity index (χ1v) is 7.35. The van der Waals surface area contributed by atoms with Gasteiger partial charge in [-0.15, -0.1) is 11.3 Å². The highest BCUT2D eigenvalue weighted by Crippen LogP contribution is 2.25. The average molecular weight is 320 g/mol. The van der Waals surface area contributed by atoms with Gasteiger partial charge in [-0.25, -0.2) is 9.97 Å². The summed E-state index contributed by atoms with van der Waals surface area (Å²) in [6.07, 6.45) is 1.42. The number of hydrogen-bond donors (Lipinski definition) is 1. The highest BCUT2D eigenvalue weighted by molar-refractivity contribution is 7.16. The molecular formula is C14H10ClN3O2S. The smallest absolute Gasteiger partial charge is 0.262 e. The van der Waals surface area contributed by atoms with E-state index in [2.05, 4.69) is 15.3 Å². The Morgan fingerprint density at radius 1 is 1.29 bits per heavy atom.